The number of Topliss-reactive ketones (excluding diaryl/α,β-unsaturated/α-hetero) is 2. The summed E-state index contributed by atoms with van der Waals surface area (Å²) in [6, 6.07) is 10.1. The predicted octanol–water partition coefficient (Wildman–Crippen LogP) is 8.00. The van der Waals surface area contributed by atoms with Crippen LogP contribution in [0.15, 0.2) is 42.7 Å². The van der Waals surface area contributed by atoms with E-state index < -0.39 is 5.91 Å². The van der Waals surface area contributed by atoms with E-state index in [0.717, 1.165) is 16.9 Å². The highest BCUT2D eigenvalue weighted by molar-refractivity contribution is 7.21. The van der Waals surface area contributed by atoms with Gasteiger partial charge < -0.3 is 17.2 Å². The van der Waals surface area contributed by atoms with E-state index in [1.807, 2.05) is 0 Å². The number of ketones is 2. The molecule has 0 unspecified atom stereocenters. The van der Waals surface area contributed by atoms with Gasteiger partial charge in [0, 0.05) is 25.0 Å². The number of halogens is 4. The van der Waals surface area contributed by atoms with E-state index in [-0.39, 0.29) is 23.1 Å². The Morgan fingerprint density at radius 2 is 1.16 bits per heavy atom. The molecule has 0 saturated heterocycles. The van der Waals surface area contributed by atoms with Crippen LogP contribution in [0.2, 0.25) is 20.1 Å². The van der Waals surface area contributed by atoms with Crippen LogP contribution in [-0.4, -0.2) is 37.4 Å². The van der Waals surface area contributed by atoms with Crippen molar-refractivity contribution in [3.05, 3.63) is 78.4 Å². The third kappa shape index (κ3) is 6.30. The van der Waals surface area contributed by atoms with Gasteiger partial charge in [-0.3, -0.25) is 14.4 Å². The smallest absolute Gasteiger partial charge is 0.286 e. The van der Waals surface area contributed by atoms with Crippen molar-refractivity contribution in [2.45, 2.75) is 13.8 Å². The Kier molecular flexibility index (Phi) is 9.26. The normalized spacial score (nSPS) is 11.0. The average Bonchev–Trinajstić information content (AvgIpc) is 3.52. The largest absolute Gasteiger partial charge is 0.397 e. The van der Waals surface area contributed by atoms with E-state index in [1.165, 1.54) is 31.5 Å². The number of hydrogen-bond acceptors (Lipinski definition) is 11. The molecule has 1 amide bonds. The number of anilines is 2. The second-order valence-electron chi connectivity index (χ2n) is 9.40. The van der Waals surface area contributed by atoms with Crippen LogP contribution in [-0.2, 0) is 0 Å². The molecule has 45 heavy (non-hydrogen) atoms. The number of primary amides is 1. The van der Waals surface area contributed by atoms with E-state index >= 15 is 0 Å². The molecular formula is C29H19Cl4N7O3S2. The summed E-state index contributed by atoms with van der Waals surface area (Å²) in [5.41, 5.74) is 20.5. The molecule has 0 bridgehead atoms. The summed E-state index contributed by atoms with van der Waals surface area (Å²) < 4.78 is 0. The first-order valence-corrected chi connectivity index (χ1v) is 15.8. The van der Waals surface area contributed by atoms with Crippen LogP contribution in [0.5, 0.6) is 0 Å². The summed E-state index contributed by atoms with van der Waals surface area (Å²) in [4.78, 5) is 53.6. The van der Waals surface area contributed by atoms with Crippen LogP contribution in [0.1, 0.15) is 43.8 Å². The second-order valence-corrected chi connectivity index (χ2v) is 13.0. The SMILES string of the molecule is CC(=O)c1sc2nc(C(N)=O)nc(-c3ccc(Cl)c(Cl)c3)c2c1N.CC(=O)c1sc2ncnc(-c3ccc(Cl)c(Cl)c3)c2c1N. The number of carbonyl (C=O) groups is 3. The molecule has 0 radical (unpaired) electrons. The number of carbonyl (C=O) groups excluding carboxylic acids is 3. The topological polar surface area (TPSA) is 181 Å². The highest BCUT2D eigenvalue weighted by Crippen LogP contribution is 2.41. The van der Waals surface area contributed by atoms with Crippen molar-refractivity contribution >= 4 is 118 Å². The summed E-state index contributed by atoms with van der Waals surface area (Å²) in [6.07, 6.45) is 1.44. The van der Waals surface area contributed by atoms with Crippen LogP contribution < -0.4 is 17.2 Å². The van der Waals surface area contributed by atoms with Crippen molar-refractivity contribution in [3.63, 3.8) is 0 Å². The van der Waals surface area contributed by atoms with Crippen LogP contribution in [0, 0.1) is 0 Å². The molecular weight excluding hydrogens is 700 g/mol. The van der Waals surface area contributed by atoms with Gasteiger partial charge in [0.25, 0.3) is 5.91 Å². The number of benzene rings is 2. The van der Waals surface area contributed by atoms with Gasteiger partial charge in [0.2, 0.25) is 5.82 Å². The van der Waals surface area contributed by atoms with Gasteiger partial charge in [-0.1, -0.05) is 58.5 Å². The van der Waals surface area contributed by atoms with Gasteiger partial charge in [-0.2, -0.15) is 0 Å². The summed E-state index contributed by atoms with van der Waals surface area (Å²) in [5.74, 6) is -1.23. The maximum absolute atomic E-state index is 11.8. The number of hydrogen-bond donors (Lipinski definition) is 3. The Morgan fingerprint density at radius 3 is 1.64 bits per heavy atom. The first kappa shape index (κ1) is 32.5. The minimum absolute atomic E-state index is 0.0874. The summed E-state index contributed by atoms with van der Waals surface area (Å²) >= 11 is 26.3. The van der Waals surface area contributed by atoms with Crippen molar-refractivity contribution in [2.75, 3.05) is 11.5 Å². The van der Waals surface area contributed by atoms with E-state index in [2.05, 4.69) is 19.9 Å². The van der Waals surface area contributed by atoms with E-state index in [0.29, 0.717) is 72.9 Å². The summed E-state index contributed by atoms with van der Waals surface area (Å²) in [7, 11) is 0. The number of nitrogens with zero attached hydrogens (tertiary/aromatic N) is 4. The van der Waals surface area contributed by atoms with Gasteiger partial charge in [-0.05, 0) is 24.3 Å². The maximum atomic E-state index is 11.8. The molecule has 4 heterocycles. The van der Waals surface area contributed by atoms with Crippen LogP contribution in [0.3, 0.4) is 0 Å². The van der Waals surface area contributed by atoms with E-state index in [9.17, 15) is 14.4 Å². The molecule has 0 aliphatic heterocycles. The van der Waals surface area contributed by atoms with Gasteiger partial charge in [0.1, 0.15) is 16.0 Å². The van der Waals surface area contributed by atoms with Gasteiger partial charge >= 0.3 is 0 Å². The van der Waals surface area contributed by atoms with Crippen molar-refractivity contribution in [3.8, 4) is 22.5 Å². The molecule has 4 aromatic heterocycles. The fraction of sp³-hybridized carbons (Fsp3) is 0.0690. The van der Waals surface area contributed by atoms with Crippen molar-refractivity contribution < 1.29 is 14.4 Å². The summed E-state index contributed by atoms with van der Waals surface area (Å²) in [6.45, 7) is 2.88. The lowest BCUT2D eigenvalue weighted by Gasteiger charge is -2.07. The molecule has 6 N–H and O–H groups in total. The Labute approximate surface area is 283 Å². The quantitative estimate of drug-likeness (QED) is 0.149. The van der Waals surface area contributed by atoms with Gasteiger partial charge in [-0.25, -0.2) is 19.9 Å². The molecule has 2 aromatic carbocycles. The fourth-order valence-corrected chi connectivity index (χ4v) is 6.87. The molecule has 0 saturated carbocycles. The van der Waals surface area contributed by atoms with E-state index in [1.54, 1.807) is 36.4 Å². The zero-order chi connectivity index (χ0) is 32.7. The Morgan fingerprint density at radius 1 is 0.667 bits per heavy atom. The number of rotatable bonds is 5. The molecule has 0 fully saturated rings. The lowest BCUT2D eigenvalue weighted by molar-refractivity contribution is 0.0987. The number of thiophene rings is 2. The standard InChI is InChI=1S/C15H10Cl2N4O2S.C14H9Cl2N3OS/c1-5(22)12-10(18)9-11(6-2-3-7(16)8(17)4-6)20-14(13(19)23)21-15(9)24-12;1-6(20)13-11(17)10-12(18-5-19-14(10)21-13)7-2-3-8(15)9(16)4-7/h2-4H,18H2,1H3,(H2,19,23);2-5H,17H2,1H3. The molecule has 6 rings (SSSR count). The molecule has 0 aliphatic carbocycles. The fourth-order valence-electron chi connectivity index (χ4n) is 4.32. The minimum Gasteiger partial charge on any atom is -0.397 e. The first-order chi connectivity index (χ1) is 21.3. The van der Waals surface area contributed by atoms with Crippen LogP contribution in [0.4, 0.5) is 11.4 Å². The second kappa shape index (κ2) is 12.8. The number of nitrogen functional groups attached to an aromatic ring is 2. The predicted molar refractivity (Wildman–Crippen MR) is 183 cm³/mol. The van der Waals surface area contributed by atoms with Crippen molar-refractivity contribution in [1.82, 2.24) is 19.9 Å². The van der Waals surface area contributed by atoms with Crippen LogP contribution in [0.25, 0.3) is 42.9 Å². The minimum atomic E-state index is -0.783. The number of fused-ring (bicyclic) bond motifs is 2. The molecule has 16 heteroatoms. The average molecular weight is 719 g/mol. The lowest BCUT2D eigenvalue weighted by Crippen LogP contribution is -2.15. The number of aromatic nitrogens is 4. The van der Waals surface area contributed by atoms with Crippen LogP contribution >= 0.6 is 69.1 Å². The summed E-state index contributed by atoms with van der Waals surface area (Å²) in [5, 5.41) is 2.75. The first-order valence-electron chi connectivity index (χ1n) is 12.6. The zero-order valence-electron chi connectivity index (χ0n) is 23.1. The molecule has 0 atom stereocenters. The Bertz CT molecular complexity index is 2200. The lowest BCUT2D eigenvalue weighted by atomic mass is 10.1. The molecule has 228 valence electrons. The highest BCUT2D eigenvalue weighted by Gasteiger charge is 2.22. The molecule has 0 spiro atoms. The molecule has 10 nitrogen and oxygen atoms in total. The van der Waals surface area contributed by atoms with Gasteiger partial charge in [0.15, 0.2) is 11.6 Å². The van der Waals surface area contributed by atoms with E-state index in [4.69, 9.17) is 63.6 Å². The zero-order valence-corrected chi connectivity index (χ0v) is 27.8. The van der Waals surface area contributed by atoms with Crippen molar-refractivity contribution in [2.24, 2.45) is 5.73 Å². The Balaban J connectivity index is 0.000000179. The maximum Gasteiger partial charge on any atom is 0.286 e. The number of amides is 1. The van der Waals surface area contributed by atoms with Crippen molar-refractivity contribution in [1.29, 1.82) is 0 Å². The van der Waals surface area contributed by atoms with Gasteiger partial charge in [0.05, 0.1) is 63.4 Å². The highest BCUT2D eigenvalue weighted by atomic mass is 35.5. The third-order valence-electron chi connectivity index (χ3n) is 6.36. The van der Waals surface area contributed by atoms with Gasteiger partial charge in [-0.15, -0.1) is 22.7 Å². The molecule has 0 aliphatic rings. The number of nitrogens with two attached hydrogens (primary N) is 3. The molecule has 6 aromatic rings. The Hall–Kier alpha value is -3.91. The monoisotopic (exact) mass is 717 g/mol. The third-order valence-corrected chi connectivity index (χ3v) is 10.3.